The molecule has 0 saturated carbocycles. The first kappa shape index (κ1) is 18.3. The molecule has 2 N–H and O–H groups in total. The van der Waals surface area contributed by atoms with Gasteiger partial charge >= 0.3 is 0 Å². The second-order valence-electron chi connectivity index (χ2n) is 8.36. The number of ether oxygens (including phenoxy) is 2. The van der Waals surface area contributed by atoms with Crippen LogP contribution in [0.15, 0.2) is 60.7 Å². The second kappa shape index (κ2) is 6.02. The minimum atomic E-state index is -1.33. The highest BCUT2D eigenvalue weighted by Gasteiger charge is 2.48. The van der Waals surface area contributed by atoms with Gasteiger partial charge in [-0.2, -0.15) is 0 Å². The Labute approximate surface area is 180 Å². The Kier molecular flexibility index (Phi) is 3.55. The van der Waals surface area contributed by atoms with Crippen molar-refractivity contribution in [2.45, 2.75) is 18.4 Å². The van der Waals surface area contributed by atoms with E-state index >= 15 is 0 Å². The molecule has 0 aliphatic heterocycles. The summed E-state index contributed by atoms with van der Waals surface area (Å²) in [4.78, 5) is 0. The maximum absolute atomic E-state index is 12.3. The molecule has 154 valence electrons. The maximum atomic E-state index is 12.3. The van der Waals surface area contributed by atoms with Gasteiger partial charge in [-0.05, 0) is 51.4 Å². The molecule has 31 heavy (non-hydrogen) atoms. The molecule has 2 atom stereocenters. The molecule has 4 aromatic rings. The fraction of sp³-hybridized carbons (Fsp3) is 0.185. The first-order valence-electron chi connectivity index (χ1n) is 10.4. The van der Waals surface area contributed by atoms with E-state index < -0.39 is 5.60 Å². The average molecular weight is 410 g/mol. The minimum absolute atomic E-state index is 0.103. The molecule has 0 saturated heterocycles. The summed E-state index contributed by atoms with van der Waals surface area (Å²) in [6.45, 7) is 2.16. The van der Waals surface area contributed by atoms with Crippen molar-refractivity contribution < 1.29 is 19.7 Å². The Balaban J connectivity index is 1.75. The third-order valence-corrected chi connectivity index (χ3v) is 6.94. The van der Waals surface area contributed by atoms with Crippen LogP contribution in [0.25, 0.3) is 21.9 Å². The maximum Gasteiger partial charge on any atom is 0.161 e. The van der Waals surface area contributed by atoms with Crippen LogP contribution < -0.4 is 9.47 Å². The quantitative estimate of drug-likeness (QED) is 0.482. The molecule has 4 aromatic carbocycles. The lowest BCUT2D eigenvalue weighted by Gasteiger charge is -2.27. The summed E-state index contributed by atoms with van der Waals surface area (Å²) in [5, 5.41) is 24.8. The number of methoxy groups -OCH3 is 2. The van der Waals surface area contributed by atoms with Crippen LogP contribution in [0.4, 0.5) is 0 Å². The average Bonchev–Trinajstić information content (AvgIpc) is 3.39. The molecule has 4 nitrogen and oxygen atoms in total. The Hall–Kier alpha value is -3.50. The van der Waals surface area contributed by atoms with Crippen molar-refractivity contribution in [3.05, 3.63) is 88.5 Å². The Morgan fingerprint density at radius 1 is 0.806 bits per heavy atom. The number of phenolic OH excluding ortho intramolecular Hbond substituents is 1. The molecule has 6 rings (SSSR count). The van der Waals surface area contributed by atoms with Crippen LogP contribution in [0.3, 0.4) is 0 Å². The molecule has 2 aliphatic carbocycles. The standard InChI is InChI=1S/C27H22O4/c1-14-15-8-6-10-20(25(14)15)27(29)19-9-5-4-7-16(19)26-18-12-24(31-3)23(30-2)11-17(18)22(28)13-21(26)27/h4-14,28-29H,1-3H3. The number of fused-ring (bicyclic) bond motifs is 6. The first-order valence-corrected chi connectivity index (χ1v) is 10.4. The Bertz CT molecular complexity index is 1400. The number of hydrogen-bond acceptors (Lipinski definition) is 4. The molecule has 0 bridgehead atoms. The number of hydrogen-bond donors (Lipinski definition) is 2. The van der Waals surface area contributed by atoms with Crippen molar-refractivity contribution in [3.63, 3.8) is 0 Å². The monoisotopic (exact) mass is 410 g/mol. The molecule has 0 radical (unpaired) electrons. The lowest BCUT2D eigenvalue weighted by Crippen LogP contribution is -2.26. The van der Waals surface area contributed by atoms with Crippen LogP contribution in [0.2, 0.25) is 0 Å². The Morgan fingerprint density at radius 2 is 1.48 bits per heavy atom. The molecular weight excluding hydrogens is 388 g/mol. The molecule has 0 spiro atoms. The fourth-order valence-electron chi connectivity index (χ4n) is 5.39. The van der Waals surface area contributed by atoms with Crippen molar-refractivity contribution in [2.75, 3.05) is 14.2 Å². The third kappa shape index (κ3) is 2.18. The number of aliphatic hydroxyl groups is 1. The lowest BCUT2D eigenvalue weighted by molar-refractivity contribution is 0.130. The van der Waals surface area contributed by atoms with Crippen LogP contribution in [0.5, 0.6) is 17.2 Å². The summed E-state index contributed by atoms with van der Waals surface area (Å²) < 4.78 is 11.0. The Morgan fingerprint density at radius 3 is 2.23 bits per heavy atom. The number of rotatable bonds is 3. The molecular formula is C27H22O4. The van der Waals surface area contributed by atoms with Crippen LogP contribution in [0, 0.1) is 0 Å². The summed E-state index contributed by atoms with van der Waals surface area (Å²) in [5.41, 5.74) is 5.43. The molecule has 0 heterocycles. The van der Waals surface area contributed by atoms with Crippen molar-refractivity contribution >= 4 is 10.8 Å². The van der Waals surface area contributed by atoms with Crippen molar-refractivity contribution in [1.82, 2.24) is 0 Å². The number of phenols is 1. The van der Waals surface area contributed by atoms with Gasteiger partial charge in [0.1, 0.15) is 11.4 Å². The summed E-state index contributed by atoms with van der Waals surface area (Å²) in [7, 11) is 3.17. The topological polar surface area (TPSA) is 58.9 Å². The highest BCUT2D eigenvalue weighted by atomic mass is 16.5. The smallest absolute Gasteiger partial charge is 0.161 e. The molecule has 0 fully saturated rings. The van der Waals surface area contributed by atoms with Gasteiger partial charge in [0.2, 0.25) is 0 Å². The van der Waals surface area contributed by atoms with E-state index in [-0.39, 0.29) is 5.75 Å². The van der Waals surface area contributed by atoms with Gasteiger partial charge < -0.3 is 19.7 Å². The predicted octanol–water partition coefficient (Wildman–Crippen LogP) is 5.29. The fourth-order valence-corrected chi connectivity index (χ4v) is 5.39. The number of benzene rings is 4. The molecule has 2 unspecified atom stereocenters. The third-order valence-electron chi connectivity index (χ3n) is 6.94. The predicted molar refractivity (Wildman–Crippen MR) is 120 cm³/mol. The SMILES string of the molecule is COc1cc2c(O)cc3c(c2cc1OC)-c1ccccc1C3(O)c1cccc2c1C2C. The highest BCUT2D eigenvalue weighted by molar-refractivity contribution is 6.06. The minimum Gasteiger partial charge on any atom is -0.507 e. The largest absolute Gasteiger partial charge is 0.507 e. The van der Waals surface area contributed by atoms with Crippen molar-refractivity contribution in [3.8, 4) is 28.4 Å². The van der Waals surface area contributed by atoms with Gasteiger partial charge in [-0.3, -0.25) is 0 Å². The van der Waals surface area contributed by atoms with Gasteiger partial charge in [0.25, 0.3) is 0 Å². The summed E-state index contributed by atoms with van der Waals surface area (Å²) in [5.74, 6) is 1.57. The second-order valence-corrected chi connectivity index (χ2v) is 8.36. The van der Waals surface area contributed by atoms with Gasteiger partial charge in [0.15, 0.2) is 11.5 Å². The zero-order valence-corrected chi connectivity index (χ0v) is 17.6. The van der Waals surface area contributed by atoms with Gasteiger partial charge in [-0.25, -0.2) is 0 Å². The van der Waals surface area contributed by atoms with Gasteiger partial charge in [-0.15, -0.1) is 0 Å². The number of aromatic hydroxyl groups is 1. The zero-order valence-electron chi connectivity index (χ0n) is 17.6. The summed E-state index contributed by atoms with van der Waals surface area (Å²) >= 11 is 0. The van der Waals surface area contributed by atoms with Crippen LogP contribution in [-0.4, -0.2) is 24.4 Å². The summed E-state index contributed by atoms with van der Waals surface area (Å²) in [6.07, 6.45) is 0. The summed E-state index contributed by atoms with van der Waals surface area (Å²) in [6, 6.07) is 19.4. The van der Waals surface area contributed by atoms with Gasteiger partial charge in [0.05, 0.1) is 14.2 Å². The van der Waals surface area contributed by atoms with E-state index in [2.05, 4.69) is 13.0 Å². The zero-order chi connectivity index (χ0) is 21.5. The lowest BCUT2D eigenvalue weighted by atomic mass is 9.83. The van der Waals surface area contributed by atoms with Crippen molar-refractivity contribution in [1.29, 1.82) is 0 Å². The first-order chi connectivity index (χ1) is 15.0. The van der Waals surface area contributed by atoms with E-state index in [1.165, 1.54) is 11.1 Å². The van der Waals surface area contributed by atoms with E-state index in [0.29, 0.717) is 28.4 Å². The van der Waals surface area contributed by atoms with Crippen LogP contribution >= 0.6 is 0 Å². The van der Waals surface area contributed by atoms with E-state index in [1.54, 1.807) is 26.4 Å². The van der Waals surface area contributed by atoms with Gasteiger partial charge in [-0.1, -0.05) is 49.4 Å². The van der Waals surface area contributed by atoms with E-state index in [4.69, 9.17) is 9.47 Å². The van der Waals surface area contributed by atoms with E-state index in [1.807, 2.05) is 42.5 Å². The molecule has 0 aromatic heterocycles. The van der Waals surface area contributed by atoms with Crippen molar-refractivity contribution in [2.24, 2.45) is 0 Å². The van der Waals surface area contributed by atoms with E-state index in [0.717, 1.165) is 27.6 Å². The van der Waals surface area contributed by atoms with Gasteiger partial charge in [0, 0.05) is 22.4 Å². The molecule has 2 aliphatic rings. The van der Waals surface area contributed by atoms with Crippen LogP contribution in [0.1, 0.15) is 40.7 Å². The molecule has 4 heteroatoms. The highest BCUT2D eigenvalue weighted by Crippen LogP contribution is 2.59. The van der Waals surface area contributed by atoms with Crippen LogP contribution in [-0.2, 0) is 5.60 Å². The molecule has 0 amide bonds. The van der Waals surface area contributed by atoms with E-state index in [9.17, 15) is 10.2 Å². The normalized spacial score (nSPS) is 20.2.